The summed E-state index contributed by atoms with van der Waals surface area (Å²) in [6, 6.07) is 4.17. The summed E-state index contributed by atoms with van der Waals surface area (Å²) in [5.74, 6) is -2.13. The van der Waals surface area contributed by atoms with E-state index in [1.807, 2.05) is 0 Å². The summed E-state index contributed by atoms with van der Waals surface area (Å²) >= 11 is 0. The van der Waals surface area contributed by atoms with Crippen molar-refractivity contribution in [3.05, 3.63) is 29.6 Å². The van der Waals surface area contributed by atoms with Gasteiger partial charge < -0.3 is 15.7 Å². The third kappa shape index (κ3) is 4.14. The molecular weight excluding hydrogens is 239 g/mol. The Bertz CT molecular complexity index is 449. The molecule has 2 amide bonds. The first-order valence-electron chi connectivity index (χ1n) is 5.51. The van der Waals surface area contributed by atoms with Crippen molar-refractivity contribution in [2.24, 2.45) is 0 Å². The molecule has 0 unspecified atom stereocenters. The van der Waals surface area contributed by atoms with Gasteiger partial charge in [0, 0.05) is 18.8 Å². The predicted octanol–water partition coefficient (Wildman–Crippen LogP) is 0.571. The van der Waals surface area contributed by atoms with Crippen LogP contribution in [0.5, 0.6) is 0 Å². The number of carbonyl (C=O) groups is 2. The quantitative estimate of drug-likeness (QED) is 0.543. The van der Waals surface area contributed by atoms with E-state index in [1.54, 1.807) is 6.92 Å². The summed E-state index contributed by atoms with van der Waals surface area (Å²) in [6.07, 6.45) is 0.373. The number of aliphatic hydroxyl groups excluding tert-OH is 1. The Morgan fingerprint density at radius 1 is 1.33 bits per heavy atom. The van der Waals surface area contributed by atoms with Crippen molar-refractivity contribution in [3.63, 3.8) is 0 Å². The fraction of sp³-hybridized carbons (Fsp3) is 0.333. The summed E-state index contributed by atoms with van der Waals surface area (Å²) in [4.78, 5) is 22.7. The van der Waals surface area contributed by atoms with Crippen LogP contribution in [0.3, 0.4) is 0 Å². The highest BCUT2D eigenvalue weighted by molar-refractivity contribution is 6.39. The molecule has 0 radical (unpaired) electrons. The average molecular weight is 254 g/mol. The maximum Gasteiger partial charge on any atom is 0.313 e. The highest BCUT2D eigenvalue weighted by Gasteiger charge is 2.13. The number of aryl methyl sites for hydroxylation is 1. The smallest absolute Gasteiger partial charge is 0.313 e. The molecule has 1 rings (SSSR count). The highest BCUT2D eigenvalue weighted by atomic mass is 19.1. The molecule has 0 atom stereocenters. The fourth-order valence-electron chi connectivity index (χ4n) is 1.22. The van der Waals surface area contributed by atoms with E-state index >= 15 is 0 Å². The minimum absolute atomic E-state index is 0.0644. The number of hydrogen-bond donors (Lipinski definition) is 3. The molecule has 0 spiro atoms. The SMILES string of the molecule is Cc1ccc(NC(=O)C(=O)NCCCO)cc1F. The van der Waals surface area contributed by atoms with Crippen LogP contribution in [0.2, 0.25) is 0 Å². The Morgan fingerprint density at radius 2 is 2.06 bits per heavy atom. The maximum atomic E-state index is 13.2. The van der Waals surface area contributed by atoms with Gasteiger partial charge in [0.1, 0.15) is 5.82 Å². The van der Waals surface area contributed by atoms with E-state index in [-0.39, 0.29) is 18.8 Å². The zero-order chi connectivity index (χ0) is 13.5. The van der Waals surface area contributed by atoms with Crippen molar-refractivity contribution in [2.45, 2.75) is 13.3 Å². The van der Waals surface area contributed by atoms with E-state index in [0.29, 0.717) is 12.0 Å². The Balaban J connectivity index is 2.53. The minimum Gasteiger partial charge on any atom is -0.396 e. The molecule has 3 N–H and O–H groups in total. The molecule has 1 aromatic rings. The van der Waals surface area contributed by atoms with Gasteiger partial charge in [0.05, 0.1) is 0 Å². The lowest BCUT2D eigenvalue weighted by Crippen LogP contribution is -2.36. The Morgan fingerprint density at radius 3 is 2.67 bits per heavy atom. The van der Waals surface area contributed by atoms with Crippen molar-refractivity contribution >= 4 is 17.5 Å². The van der Waals surface area contributed by atoms with Crippen LogP contribution in [0, 0.1) is 12.7 Å². The Labute approximate surface area is 104 Å². The van der Waals surface area contributed by atoms with E-state index in [1.165, 1.54) is 12.1 Å². The number of anilines is 1. The van der Waals surface area contributed by atoms with Gasteiger partial charge in [-0.3, -0.25) is 9.59 Å². The summed E-state index contributed by atoms with van der Waals surface area (Å²) in [5, 5.41) is 13.1. The summed E-state index contributed by atoms with van der Waals surface area (Å²) in [7, 11) is 0. The fourth-order valence-corrected chi connectivity index (χ4v) is 1.22. The number of halogens is 1. The molecule has 6 heteroatoms. The van der Waals surface area contributed by atoms with E-state index in [0.717, 1.165) is 6.07 Å². The van der Waals surface area contributed by atoms with Crippen molar-refractivity contribution in [2.75, 3.05) is 18.5 Å². The number of rotatable bonds is 4. The van der Waals surface area contributed by atoms with Gasteiger partial charge in [0.15, 0.2) is 0 Å². The average Bonchev–Trinajstić information content (AvgIpc) is 2.34. The van der Waals surface area contributed by atoms with Gasteiger partial charge >= 0.3 is 11.8 Å². The molecule has 0 bridgehead atoms. The van der Waals surface area contributed by atoms with Crippen LogP contribution in [-0.4, -0.2) is 30.1 Å². The maximum absolute atomic E-state index is 13.2. The number of hydrogen-bond acceptors (Lipinski definition) is 3. The van der Waals surface area contributed by atoms with Crippen LogP contribution in [0.25, 0.3) is 0 Å². The summed E-state index contributed by atoms with van der Waals surface area (Å²) < 4.78 is 13.2. The van der Waals surface area contributed by atoms with Gasteiger partial charge in [0.25, 0.3) is 0 Å². The number of aliphatic hydroxyl groups is 1. The molecule has 0 aliphatic carbocycles. The standard InChI is InChI=1S/C12H15FN2O3/c1-8-3-4-9(7-10(8)13)15-12(18)11(17)14-5-2-6-16/h3-4,7,16H,2,5-6H2,1H3,(H,14,17)(H,15,18). The zero-order valence-electron chi connectivity index (χ0n) is 10.00. The normalized spacial score (nSPS) is 9.94. The Kier molecular flexibility index (Phi) is 5.26. The van der Waals surface area contributed by atoms with Crippen molar-refractivity contribution < 1.29 is 19.1 Å². The predicted molar refractivity (Wildman–Crippen MR) is 64.5 cm³/mol. The molecule has 0 saturated carbocycles. The largest absolute Gasteiger partial charge is 0.396 e. The second-order valence-electron chi connectivity index (χ2n) is 3.75. The van der Waals surface area contributed by atoms with Crippen molar-refractivity contribution in [3.8, 4) is 0 Å². The molecular formula is C12H15FN2O3. The van der Waals surface area contributed by atoms with Crippen LogP contribution >= 0.6 is 0 Å². The van der Waals surface area contributed by atoms with E-state index in [4.69, 9.17) is 5.11 Å². The van der Waals surface area contributed by atoms with E-state index < -0.39 is 17.6 Å². The monoisotopic (exact) mass is 254 g/mol. The molecule has 18 heavy (non-hydrogen) atoms. The first-order valence-corrected chi connectivity index (χ1v) is 5.51. The number of amides is 2. The first-order chi connectivity index (χ1) is 8.54. The molecule has 0 aliphatic rings. The van der Waals surface area contributed by atoms with E-state index in [9.17, 15) is 14.0 Å². The molecule has 0 saturated heterocycles. The van der Waals surface area contributed by atoms with Gasteiger partial charge in [-0.05, 0) is 31.0 Å². The van der Waals surface area contributed by atoms with Gasteiger partial charge in [-0.1, -0.05) is 6.07 Å². The van der Waals surface area contributed by atoms with Gasteiger partial charge in [-0.2, -0.15) is 0 Å². The molecule has 0 aliphatic heterocycles. The van der Waals surface area contributed by atoms with Crippen LogP contribution in [0.1, 0.15) is 12.0 Å². The third-order valence-electron chi connectivity index (χ3n) is 2.26. The van der Waals surface area contributed by atoms with Gasteiger partial charge in [-0.25, -0.2) is 4.39 Å². The summed E-state index contributed by atoms with van der Waals surface area (Å²) in [6.45, 7) is 1.75. The lowest BCUT2D eigenvalue weighted by molar-refractivity contribution is -0.136. The molecule has 5 nitrogen and oxygen atoms in total. The van der Waals surface area contributed by atoms with Crippen molar-refractivity contribution in [1.82, 2.24) is 5.32 Å². The molecule has 0 fully saturated rings. The minimum atomic E-state index is -0.865. The molecule has 0 heterocycles. The first kappa shape index (κ1) is 14.1. The molecule has 98 valence electrons. The topological polar surface area (TPSA) is 78.4 Å². The molecule has 0 aromatic heterocycles. The van der Waals surface area contributed by atoms with Crippen molar-refractivity contribution in [1.29, 1.82) is 0 Å². The highest BCUT2D eigenvalue weighted by Crippen LogP contribution is 2.13. The summed E-state index contributed by atoms with van der Waals surface area (Å²) in [5.41, 5.74) is 0.681. The van der Waals surface area contributed by atoms with Crippen LogP contribution < -0.4 is 10.6 Å². The second kappa shape index (κ2) is 6.70. The van der Waals surface area contributed by atoms with Gasteiger partial charge in [-0.15, -0.1) is 0 Å². The Hall–Kier alpha value is -1.95. The third-order valence-corrected chi connectivity index (χ3v) is 2.26. The number of carbonyl (C=O) groups excluding carboxylic acids is 2. The lowest BCUT2D eigenvalue weighted by Gasteiger charge is -2.06. The van der Waals surface area contributed by atoms with Crippen LogP contribution in [-0.2, 0) is 9.59 Å². The zero-order valence-corrected chi connectivity index (χ0v) is 10.00. The van der Waals surface area contributed by atoms with E-state index in [2.05, 4.69) is 10.6 Å². The van der Waals surface area contributed by atoms with Crippen LogP contribution in [0.4, 0.5) is 10.1 Å². The van der Waals surface area contributed by atoms with Gasteiger partial charge in [0.2, 0.25) is 0 Å². The van der Waals surface area contributed by atoms with Crippen LogP contribution in [0.15, 0.2) is 18.2 Å². The number of benzene rings is 1. The number of nitrogens with one attached hydrogen (secondary N) is 2. The lowest BCUT2D eigenvalue weighted by atomic mass is 10.2. The second-order valence-corrected chi connectivity index (χ2v) is 3.75. The molecule has 1 aromatic carbocycles.